The lowest BCUT2D eigenvalue weighted by Crippen LogP contribution is -2.35. The minimum Gasteiger partial charge on any atom is -0.290 e. The van der Waals surface area contributed by atoms with Crippen molar-refractivity contribution >= 4 is 5.78 Å². The van der Waals surface area contributed by atoms with E-state index in [9.17, 15) is 4.79 Å². The summed E-state index contributed by atoms with van der Waals surface area (Å²) in [5.41, 5.74) is 0.676. The Bertz CT molecular complexity index is 258. The summed E-state index contributed by atoms with van der Waals surface area (Å²) in [7, 11) is 1.80. The topological polar surface area (TPSA) is 33.8 Å². The average molecular weight is 137 g/mol. The Hall–Kier alpha value is -1.25. The largest absolute Gasteiger partial charge is 0.290 e. The predicted molar refractivity (Wildman–Crippen MR) is 35.4 cm³/mol. The second-order valence-corrected chi connectivity index (χ2v) is 2.13. The van der Waals surface area contributed by atoms with Crippen LogP contribution in [0, 0.1) is 0 Å². The molecule has 0 bridgehead atoms. The van der Waals surface area contributed by atoms with Crippen molar-refractivity contribution in [2.45, 2.75) is 6.92 Å². The van der Waals surface area contributed by atoms with Gasteiger partial charge in [-0.1, -0.05) is 4.98 Å². The quantitative estimate of drug-likeness (QED) is 0.406. The van der Waals surface area contributed by atoms with E-state index in [2.05, 4.69) is 4.98 Å². The van der Waals surface area contributed by atoms with Crippen molar-refractivity contribution in [3.63, 3.8) is 0 Å². The third-order valence-electron chi connectivity index (χ3n) is 1.30. The van der Waals surface area contributed by atoms with Gasteiger partial charge in [0.15, 0.2) is 11.5 Å². The number of ketones is 1. The molecule has 0 atom stereocenters. The van der Waals surface area contributed by atoms with Crippen molar-refractivity contribution in [2.24, 2.45) is 7.05 Å². The molecule has 1 aromatic rings. The van der Waals surface area contributed by atoms with Crippen molar-refractivity contribution in [3.8, 4) is 0 Å². The van der Waals surface area contributed by atoms with Gasteiger partial charge in [0.2, 0.25) is 0 Å². The van der Waals surface area contributed by atoms with Crippen molar-refractivity contribution < 1.29 is 9.36 Å². The highest BCUT2D eigenvalue weighted by Gasteiger charge is 2.05. The number of carbonyl (C=O) groups excluding carboxylic acids is 1. The maximum Gasteiger partial charge on any atom is 0.286 e. The van der Waals surface area contributed by atoms with Gasteiger partial charge in [-0.3, -0.25) is 4.79 Å². The molecule has 0 amide bonds. The van der Waals surface area contributed by atoms with Crippen molar-refractivity contribution in [1.29, 1.82) is 0 Å². The molecule has 0 saturated carbocycles. The molecule has 3 nitrogen and oxygen atoms in total. The third-order valence-corrected chi connectivity index (χ3v) is 1.30. The Morgan fingerprint density at radius 1 is 1.70 bits per heavy atom. The first kappa shape index (κ1) is 6.86. The molecule has 1 rings (SSSR count). The molecule has 0 unspecified atom stereocenters. The Kier molecular flexibility index (Phi) is 1.76. The number of nitrogens with zero attached hydrogens (tertiary/aromatic N) is 2. The monoisotopic (exact) mass is 137 g/mol. The summed E-state index contributed by atoms with van der Waals surface area (Å²) in [5, 5.41) is 0. The highest BCUT2D eigenvalue weighted by molar-refractivity contribution is 5.90. The molecule has 0 saturated heterocycles. The fraction of sp³-hybridized carbons (Fsp3) is 0.286. The molecular formula is C7H9N2O+. The number of hydrogen-bond donors (Lipinski definition) is 0. The molecule has 0 N–H and O–H groups in total. The van der Waals surface area contributed by atoms with Gasteiger partial charge in [0, 0.05) is 13.0 Å². The molecule has 0 fully saturated rings. The molecule has 52 valence electrons. The number of aryl methyl sites for hydroxylation is 1. The molecule has 0 aromatic carbocycles. The summed E-state index contributed by atoms with van der Waals surface area (Å²) in [5.74, 6) is 0.0601. The van der Waals surface area contributed by atoms with Crippen LogP contribution in [0.4, 0.5) is 0 Å². The van der Waals surface area contributed by atoms with Crippen LogP contribution < -0.4 is 4.57 Å². The van der Waals surface area contributed by atoms with E-state index < -0.39 is 0 Å². The van der Waals surface area contributed by atoms with E-state index in [1.54, 1.807) is 30.2 Å². The summed E-state index contributed by atoms with van der Waals surface area (Å²) in [6, 6.07) is 1.70. The summed E-state index contributed by atoms with van der Waals surface area (Å²) in [6.07, 6.45) is 3.22. The van der Waals surface area contributed by atoms with Gasteiger partial charge in [-0.05, 0) is 0 Å². The van der Waals surface area contributed by atoms with Crippen LogP contribution in [0.15, 0.2) is 18.6 Å². The zero-order valence-corrected chi connectivity index (χ0v) is 6.03. The lowest BCUT2D eigenvalue weighted by Gasteiger charge is -1.92. The number of carbonyl (C=O) groups is 1. The smallest absolute Gasteiger partial charge is 0.286 e. The van der Waals surface area contributed by atoms with E-state index in [-0.39, 0.29) is 5.78 Å². The molecule has 3 heteroatoms. The van der Waals surface area contributed by atoms with Gasteiger partial charge in [0.1, 0.15) is 6.20 Å². The normalized spacial score (nSPS) is 9.40. The van der Waals surface area contributed by atoms with Crippen LogP contribution in [0.5, 0.6) is 0 Å². The Balaban J connectivity index is 3.15. The number of rotatable bonds is 1. The van der Waals surface area contributed by atoms with Crippen LogP contribution in [-0.2, 0) is 7.05 Å². The summed E-state index contributed by atoms with van der Waals surface area (Å²) >= 11 is 0. The van der Waals surface area contributed by atoms with E-state index in [1.807, 2.05) is 0 Å². The van der Waals surface area contributed by atoms with E-state index in [0.29, 0.717) is 5.69 Å². The Labute approximate surface area is 59.3 Å². The van der Waals surface area contributed by atoms with Gasteiger partial charge >= 0.3 is 0 Å². The molecule has 1 aromatic heterocycles. The molecule has 0 aliphatic carbocycles. The van der Waals surface area contributed by atoms with Gasteiger partial charge in [-0.2, -0.15) is 0 Å². The fourth-order valence-electron chi connectivity index (χ4n) is 0.798. The number of hydrogen-bond acceptors (Lipinski definition) is 2. The Morgan fingerprint density at radius 3 is 2.80 bits per heavy atom. The molecule has 10 heavy (non-hydrogen) atoms. The minimum absolute atomic E-state index is 0.0601. The van der Waals surface area contributed by atoms with Crippen molar-refractivity contribution in [1.82, 2.24) is 4.98 Å². The second-order valence-electron chi connectivity index (χ2n) is 2.13. The predicted octanol–water partition coefficient (Wildman–Crippen LogP) is 0.109. The van der Waals surface area contributed by atoms with E-state index in [1.165, 1.54) is 6.92 Å². The van der Waals surface area contributed by atoms with E-state index >= 15 is 0 Å². The highest BCUT2D eigenvalue weighted by atomic mass is 16.1. The van der Waals surface area contributed by atoms with Gasteiger partial charge in [-0.25, -0.2) is 4.57 Å². The molecule has 0 radical (unpaired) electrons. The lowest BCUT2D eigenvalue weighted by molar-refractivity contribution is -0.676. The molecule has 0 spiro atoms. The van der Waals surface area contributed by atoms with Crippen LogP contribution in [0.25, 0.3) is 0 Å². The maximum absolute atomic E-state index is 10.8. The first-order valence-corrected chi connectivity index (χ1v) is 3.02. The number of aromatic nitrogens is 2. The molecule has 0 aliphatic rings. The van der Waals surface area contributed by atoms with Gasteiger partial charge in [0.25, 0.3) is 6.33 Å². The zero-order chi connectivity index (χ0) is 7.56. The molecule has 1 heterocycles. The maximum atomic E-state index is 10.8. The molecule has 0 aliphatic heterocycles. The second kappa shape index (κ2) is 2.56. The van der Waals surface area contributed by atoms with Crippen molar-refractivity contribution in [2.75, 3.05) is 0 Å². The fourth-order valence-corrected chi connectivity index (χ4v) is 0.798. The van der Waals surface area contributed by atoms with Crippen LogP contribution >= 0.6 is 0 Å². The van der Waals surface area contributed by atoms with Gasteiger partial charge < -0.3 is 0 Å². The summed E-state index contributed by atoms with van der Waals surface area (Å²) in [4.78, 5) is 14.7. The molecular weight excluding hydrogens is 128 g/mol. The van der Waals surface area contributed by atoms with Gasteiger partial charge in [-0.15, -0.1) is 0 Å². The summed E-state index contributed by atoms with van der Waals surface area (Å²) < 4.78 is 1.70. The van der Waals surface area contributed by atoms with E-state index in [4.69, 9.17) is 0 Å². The summed E-state index contributed by atoms with van der Waals surface area (Å²) in [6.45, 7) is 1.54. The lowest BCUT2D eigenvalue weighted by atomic mass is 10.3. The van der Waals surface area contributed by atoms with Crippen LogP contribution in [0.3, 0.4) is 0 Å². The van der Waals surface area contributed by atoms with E-state index in [0.717, 1.165) is 0 Å². The first-order chi connectivity index (χ1) is 4.72. The third kappa shape index (κ3) is 1.18. The van der Waals surface area contributed by atoms with Gasteiger partial charge in [0.05, 0.1) is 7.05 Å². The first-order valence-electron chi connectivity index (χ1n) is 3.02. The average Bonchev–Trinajstić information content (AvgIpc) is 1.88. The highest BCUT2D eigenvalue weighted by Crippen LogP contribution is 1.87. The van der Waals surface area contributed by atoms with Crippen LogP contribution in [-0.4, -0.2) is 10.8 Å². The minimum atomic E-state index is 0.0601. The standard InChI is InChI=1S/C7H9N2O/c1-6(10)7-3-4-8-5-9(7)2/h3-5H,1-2H3/q+1. The number of Topliss-reactive ketones (excluding diaryl/α,β-unsaturated/α-hetero) is 1. The van der Waals surface area contributed by atoms with Crippen LogP contribution in [0.2, 0.25) is 0 Å². The Morgan fingerprint density at radius 2 is 2.40 bits per heavy atom. The SMILES string of the molecule is CC(=O)c1ccnc[n+]1C. The zero-order valence-electron chi connectivity index (χ0n) is 6.03. The van der Waals surface area contributed by atoms with Crippen LogP contribution in [0.1, 0.15) is 17.4 Å². The van der Waals surface area contributed by atoms with Crippen molar-refractivity contribution in [3.05, 3.63) is 24.3 Å².